The van der Waals surface area contributed by atoms with E-state index in [1.807, 2.05) is 47.2 Å². The molecule has 2 aromatic carbocycles. The van der Waals surface area contributed by atoms with Crippen molar-refractivity contribution in [1.29, 1.82) is 0 Å². The number of carbonyl (C=O) groups is 2. The van der Waals surface area contributed by atoms with Crippen LogP contribution in [0, 0.1) is 0 Å². The highest BCUT2D eigenvalue weighted by Crippen LogP contribution is 2.43. The number of ether oxygens (including phenoxy) is 6. The van der Waals surface area contributed by atoms with Crippen LogP contribution in [0.3, 0.4) is 0 Å². The van der Waals surface area contributed by atoms with Crippen molar-refractivity contribution in [1.82, 2.24) is 9.13 Å². The fourth-order valence-electron chi connectivity index (χ4n) is 6.88. The third-order valence-corrected chi connectivity index (χ3v) is 9.68. The lowest BCUT2D eigenvalue weighted by Crippen LogP contribution is -2.25. The molecule has 2 atom stereocenters. The number of nitrogens with zero attached hydrogens (tertiary/aromatic N) is 2. The van der Waals surface area contributed by atoms with Crippen molar-refractivity contribution in [3.05, 3.63) is 91.5 Å². The zero-order chi connectivity index (χ0) is 39.1. The molecule has 0 amide bonds. The van der Waals surface area contributed by atoms with Crippen molar-refractivity contribution in [3.63, 3.8) is 0 Å². The van der Waals surface area contributed by atoms with Crippen molar-refractivity contribution in [2.45, 2.75) is 51.6 Å². The maximum absolute atomic E-state index is 12.3. The van der Waals surface area contributed by atoms with Gasteiger partial charge >= 0.3 is 11.9 Å². The van der Waals surface area contributed by atoms with Crippen LogP contribution < -0.4 is 29.8 Å². The Balaban J connectivity index is 0.000000208. The highest BCUT2D eigenvalue weighted by Gasteiger charge is 2.28. The van der Waals surface area contributed by atoms with Gasteiger partial charge in [-0.1, -0.05) is 13.8 Å². The summed E-state index contributed by atoms with van der Waals surface area (Å²) in [5.74, 6) is -0.0599. The summed E-state index contributed by atoms with van der Waals surface area (Å²) >= 11 is 0. The van der Waals surface area contributed by atoms with Gasteiger partial charge in [-0.3, -0.25) is 9.59 Å². The number of fused-ring (bicyclic) bond motifs is 6. The van der Waals surface area contributed by atoms with Gasteiger partial charge in [0.2, 0.25) is 0 Å². The molecule has 0 saturated carbocycles. The molecule has 54 heavy (non-hydrogen) atoms. The maximum Gasteiger partial charge on any atom is 0.341 e. The number of hydrogen-bond donors (Lipinski definition) is 2. The number of benzene rings is 2. The average molecular weight is 747 g/mol. The van der Waals surface area contributed by atoms with Crippen LogP contribution in [0.2, 0.25) is 0 Å². The van der Waals surface area contributed by atoms with Crippen molar-refractivity contribution >= 4 is 11.9 Å². The van der Waals surface area contributed by atoms with E-state index in [0.29, 0.717) is 73.7 Å². The van der Waals surface area contributed by atoms with Gasteiger partial charge in [0.1, 0.15) is 24.3 Å². The summed E-state index contributed by atoms with van der Waals surface area (Å²) < 4.78 is 36.3. The number of rotatable bonds is 14. The molecular weight excluding hydrogens is 700 g/mol. The van der Waals surface area contributed by atoms with Gasteiger partial charge in [0.05, 0.1) is 38.8 Å². The third-order valence-electron chi connectivity index (χ3n) is 9.68. The van der Waals surface area contributed by atoms with E-state index in [0.717, 1.165) is 35.1 Å². The first-order chi connectivity index (χ1) is 26.0. The maximum atomic E-state index is 12.3. The predicted molar refractivity (Wildman–Crippen MR) is 200 cm³/mol. The molecule has 2 aliphatic heterocycles. The zero-order valence-corrected chi connectivity index (χ0v) is 31.3. The first-order valence-corrected chi connectivity index (χ1v) is 17.6. The van der Waals surface area contributed by atoms with E-state index in [9.17, 15) is 29.4 Å². The molecule has 288 valence electrons. The fraction of sp³-hybridized carbons (Fsp3) is 0.400. The lowest BCUT2D eigenvalue weighted by atomic mass is 9.90. The van der Waals surface area contributed by atoms with Crippen LogP contribution in [0.25, 0.3) is 22.5 Å². The van der Waals surface area contributed by atoms with Crippen molar-refractivity contribution in [3.8, 4) is 45.5 Å². The largest absolute Gasteiger partial charge is 0.493 e. The number of aromatic nitrogens is 2. The summed E-state index contributed by atoms with van der Waals surface area (Å²) in [6, 6.07) is 10.5. The van der Waals surface area contributed by atoms with E-state index < -0.39 is 22.8 Å². The molecule has 14 heteroatoms. The number of methoxy groups -OCH3 is 4. The molecule has 2 aromatic heterocycles. The molecule has 6 rings (SSSR count). The third kappa shape index (κ3) is 8.14. The molecular formula is C40H46N2O12. The fourth-order valence-corrected chi connectivity index (χ4v) is 6.88. The average Bonchev–Trinajstić information content (AvgIpc) is 3.16. The van der Waals surface area contributed by atoms with Crippen molar-refractivity contribution in [2.75, 3.05) is 54.9 Å². The van der Waals surface area contributed by atoms with Crippen LogP contribution in [-0.4, -0.2) is 86.2 Å². The number of pyridine rings is 2. The Morgan fingerprint density at radius 2 is 1.00 bits per heavy atom. The number of carboxylic acids is 2. The van der Waals surface area contributed by atoms with Gasteiger partial charge in [0, 0.05) is 62.0 Å². The first-order valence-electron chi connectivity index (χ1n) is 17.6. The highest BCUT2D eigenvalue weighted by atomic mass is 16.5. The molecule has 4 heterocycles. The van der Waals surface area contributed by atoms with Crippen LogP contribution >= 0.6 is 0 Å². The molecule has 0 fully saturated rings. The molecule has 0 bridgehead atoms. The second-order valence-corrected chi connectivity index (χ2v) is 12.8. The minimum Gasteiger partial charge on any atom is -0.493 e. The quantitative estimate of drug-likeness (QED) is 0.155. The smallest absolute Gasteiger partial charge is 0.341 e. The molecule has 0 saturated heterocycles. The van der Waals surface area contributed by atoms with Gasteiger partial charge in [-0.25, -0.2) is 9.59 Å². The standard InChI is InChI=1S/2C20H23NO6/c2*1-4-13-7-12-8-19(27-6-5-25-2)18(26-3)9-14(12)16-10-17(22)15(20(23)24)11-21(13)16/h2*8-11,13H,4-7H2,1-3H3,(H,23,24)/t2*13-/m10/s1. The number of aromatic carboxylic acids is 2. The van der Waals surface area contributed by atoms with Gasteiger partial charge in [-0.2, -0.15) is 0 Å². The second kappa shape index (κ2) is 17.5. The first kappa shape index (κ1) is 39.6. The minimum atomic E-state index is -1.21. The van der Waals surface area contributed by atoms with Crippen LogP contribution in [0.15, 0.2) is 58.4 Å². The Kier molecular flexibility index (Phi) is 12.8. The summed E-state index contributed by atoms with van der Waals surface area (Å²) in [6.45, 7) is 5.82. The summed E-state index contributed by atoms with van der Waals surface area (Å²) in [6.07, 6.45) is 5.94. The van der Waals surface area contributed by atoms with Crippen LogP contribution in [-0.2, 0) is 22.3 Å². The molecule has 2 aliphatic rings. The Morgan fingerprint density at radius 1 is 0.611 bits per heavy atom. The van der Waals surface area contributed by atoms with Crippen LogP contribution in [0.4, 0.5) is 0 Å². The number of carboxylic acid groups (broad SMARTS) is 2. The van der Waals surface area contributed by atoms with Crippen LogP contribution in [0.1, 0.15) is 70.6 Å². The topological polar surface area (TPSA) is 174 Å². The molecule has 0 aliphatic carbocycles. The normalized spacial score (nSPS) is 15.0. The predicted octanol–water partition coefficient (Wildman–Crippen LogP) is 5.51. The van der Waals surface area contributed by atoms with E-state index in [1.165, 1.54) is 24.5 Å². The SMILES string of the molecule is CC[C@@H]1Cc2cc(OCCOC)c(OC)cc2-c2cc(=O)c(C(=O)O)cn21.CC[C@H]1Cc2cc(OCCOC)c(OC)cc2-c2cc(=O)c(C(=O)O)cn21. The van der Waals surface area contributed by atoms with Gasteiger partial charge in [0.25, 0.3) is 0 Å². The Bertz CT molecular complexity index is 1990. The van der Waals surface area contributed by atoms with Crippen LogP contribution in [0.5, 0.6) is 23.0 Å². The second-order valence-electron chi connectivity index (χ2n) is 12.8. The molecule has 0 radical (unpaired) electrons. The van der Waals surface area contributed by atoms with Crippen molar-refractivity contribution < 1.29 is 48.2 Å². The van der Waals surface area contributed by atoms with E-state index in [2.05, 4.69) is 0 Å². The highest BCUT2D eigenvalue weighted by molar-refractivity contribution is 5.88. The summed E-state index contributed by atoms with van der Waals surface area (Å²) in [5, 5.41) is 18.6. The number of hydrogen-bond acceptors (Lipinski definition) is 10. The monoisotopic (exact) mass is 746 g/mol. The van der Waals surface area contributed by atoms with Gasteiger partial charge in [-0.15, -0.1) is 0 Å². The lowest BCUT2D eigenvalue weighted by Gasteiger charge is -2.31. The van der Waals surface area contributed by atoms with E-state index in [4.69, 9.17) is 28.4 Å². The van der Waals surface area contributed by atoms with E-state index in [1.54, 1.807) is 28.4 Å². The molecule has 4 aromatic rings. The van der Waals surface area contributed by atoms with Gasteiger partial charge in [-0.05, 0) is 61.1 Å². The molecule has 0 unspecified atom stereocenters. The summed E-state index contributed by atoms with van der Waals surface area (Å²) in [4.78, 5) is 47.3. The Hall–Kier alpha value is -5.60. The lowest BCUT2D eigenvalue weighted by molar-refractivity contribution is 0.0683. The minimum absolute atomic E-state index is 0.0615. The Morgan fingerprint density at radius 3 is 1.31 bits per heavy atom. The molecule has 14 nitrogen and oxygen atoms in total. The molecule has 0 spiro atoms. The van der Waals surface area contributed by atoms with Gasteiger partial charge in [0.15, 0.2) is 33.9 Å². The summed E-state index contributed by atoms with van der Waals surface area (Å²) in [5.41, 5.74) is 3.73. The molecule has 2 N–H and O–H groups in total. The zero-order valence-electron chi connectivity index (χ0n) is 31.3. The van der Waals surface area contributed by atoms with Crippen molar-refractivity contribution in [2.24, 2.45) is 0 Å². The van der Waals surface area contributed by atoms with E-state index in [-0.39, 0.29) is 23.2 Å². The Labute approximate surface area is 312 Å². The van der Waals surface area contributed by atoms with Gasteiger partial charge < -0.3 is 47.8 Å². The summed E-state index contributed by atoms with van der Waals surface area (Å²) in [7, 11) is 6.34. The van der Waals surface area contributed by atoms with E-state index >= 15 is 0 Å².